The maximum absolute atomic E-state index is 11.6. The van der Waals surface area contributed by atoms with Gasteiger partial charge in [0.05, 0.1) is 0 Å². The molecule has 0 rings (SSSR count). The van der Waals surface area contributed by atoms with Crippen LogP contribution in [0, 0.1) is 0 Å². The van der Waals surface area contributed by atoms with E-state index in [0.29, 0.717) is 12.8 Å². The largest absolute Gasteiger partial charge is 0.415 e. The molecule has 0 aliphatic carbocycles. The molecule has 0 bridgehead atoms. The number of ether oxygens (including phenoxy) is 2. The van der Waals surface area contributed by atoms with Gasteiger partial charge >= 0.3 is 17.7 Å². The molecule has 0 aromatic carbocycles. The molecule has 0 aromatic heterocycles. The summed E-state index contributed by atoms with van der Waals surface area (Å²) in [6, 6.07) is 0. The zero-order chi connectivity index (χ0) is 14.2. The predicted molar refractivity (Wildman–Crippen MR) is 65.7 cm³/mol. The zero-order valence-corrected chi connectivity index (χ0v) is 11.6. The molecule has 0 atom stereocenters. The lowest BCUT2D eigenvalue weighted by atomic mass is 10.1. The smallest absolute Gasteiger partial charge is 0.315 e. The molecule has 0 aliphatic rings. The Balaban J connectivity index is 4.87. The zero-order valence-electron chi connectivity index (χ0n) is 11.6. The molecule has 0 spiro atoms. The maximum Gasteiger partial charge on any atom is 0.315 e. The minimum atomic E-state index is -1.75. The van der Waals surface area contributed by atoms with Crippen LogP contribution in [0.3, 0.4) is 0 Å². The SMILES string of the molecule is CCCC(=O)OC(CC)(OC(=O)CCC)C(C)=O. The number of rotatable bonds is 8. The van der Waals surface area contributed by atoms with Gasteiger partial charge in [0.1, 0.15) is 0 Å². The Hall–Kier alpha value is -1.39. The first-order chi connectivity index (χ1) is 8.41. The van der Waals surface area contributed by atoms with Crippen LogP contribution in [0.4, 0.5) is 0 Å². The second-order valence-corrected chi connectivity index (χ2v) is 4.11. The van der Waals surface area contributed by atoms with Gasteiger partial charge in [-0.3, -0.25) is 14.4 Å². The van der Waals surface area contributed by atoms with Crippen molar-refractivity contribution < 1.29 is 23.9 Å². The van der Waals surface area contributed by atoms with Crippen molar-refractivity contribution in [2.75, 3.05) is 0 Å². The molecule has 5 heteroatoms. The molecule has 0 amide bonds. The van der Waals surface area contributed by atoms with Gasteiger partial charge in [-0.15, -0.1) is 0 Å². The van der Waals surface area contributed by atoms with E-state index in [-0.39, 0.29) is 19.3 Å². The number of hydrogen-bond donors (Lipinski definition) is 0. The van der Waals surface area contributed by atoms with Gasteiger partial charge in [-0.1, -0.05) is 20.8 Å². The summed E-state index contributed by atoms with van der Waals surface area (Å²) in [6.45, 7) is 6.54. The van der Waals surface area contributed by atoms with Gasteiger partial charge in [0, 0.05) is 26.2 Å². The van der Waals surface area contributed by atoms with Crippen molar-refractivity contribution in [2.45, 2.75) is 65.6 Å². The Morgan fingerprint density at radius 2 is 1.28 bits per heavy atom. The van der Waals surface area contributed by atoms with Crippen LogP contribution >= 0.6 is 0 Å². The van der Waals surface area contributed by atoms with Crippen molar-refractivity contribution >= 4 is 17.7 Å². The van der Waals surface area contributed by atoms with Crippen molar-refractivity contribution in [1.82, 2.24) is 0 Å². The molecule has 0 aliphatic heterocycles. The Morgan fingerprint density at radius 1 is 0.889 bits per heavy atom. The van der Waals surface area contributed by atoms with E-state index in [1.54, 1.807) is 6.92 Å². The van der Waals surface area contributed by atoms with E-state index >= 15 is 0 Å². The summed E-state index contributed by atoms with van der Waals surface area (Å²) in [7, 11) is 0. The van der Waals surface area contributed by atoms with Crippen LogP contribution in [0.2, 0.25) is 0 Å². The summed E-state index contributed by atoms with van der Waals surface area (Å²) in [6.07, 6.45) is 1.73. The molecule has 5 nitrogen and oxygen atoms in total. The number of Topliss-reactive ketones (excluding diaryl/α,β-unsaturated/α-hetero) is 1. The van der Waals surface area contributed by atoms with Crippen molar-refractivity contribution in [2.24, 2.45) is 0 Å². The highest BCUT2D eigenvalue weighted by molar-refractivity contribution is 5.88. The van der Waals surface area contributed by atoms with E-state index in [0.717, 1.165) is 0 Å². The second-order valence-electron chi connectivity index (χ2n) is 4.11. The third kappa shape index (κ3) is 4.85. The summed E-state index contributed by atoms with van der Waals surface area (Å²) >= 11 is 0. The minimum absolute atomic E-state index is 0.118. The lowest BCUT2D eigenvalue weighted by Gasteiger charge is -2.29. The molecular weight excluding hydrogens is 236 g/mol. The third-order valence-electron chi connectivity index (χ3n) is 2.47. The summed E-state index contributed by atoms with van der Waals surface area (Å²) in [5, 5.41) is 0. The molecular formula is C13H22O5. The standard InChI is InChI=1S/C13H22O5/c1-5-8-11(15)17-13(7-3,10(4)14)18-12(16)9-6-2/h5-9H2,1-4H3. The first kappa shape index (κ1) is 16.6. The third-order valence-corrected chi connectivity index (χ3v) is 2.47. The van der Waals surface area contributed by atoms with Crippen molar-refractivity contribution in [3.8, 4) is 0 Å². The monoisotopic (exact) mass is 258 g/mol. The van der Waals surface area contributed by atoms with Crippen molar-refractivity contribution in [3.05, 3.63) is 0 Å². The molecule has 0 fully saturated rings. The maximum atomic E-state index is 11.6. The van der Waals surface area contributed by atoms with Gasteiger partial charge in [0.25, 0.3) is 0 Å². The fourth-order valence-corrected chi connectivity index (χ4v) is 1.44. The minimum Gasteiger partial charge on any atom is -0.415 e. The van der Waals surface area contributed by atoms with E-state index in [4.69, 9.17) is 9.47 Å². The van der Waals surface area contributed by atoms with E-state index in [1.165, 1.54) is 6.92 Å². The molecule has 0 heterocycles. The average Bonchev–Trinajstić information content (AvgIpc) is 2.28. The van der Waals surface area contributed by atoms with Crippen LogP contribution in [0.5, 0.6) is 0 Å². The number of carbonyl (C=O) groups is 3. The lowest BCUT2D eigenvalue weighted by Crippen LogP contribution is -2.45. The average molecular weight is 258 g/mol. The highest BCUT2D eigenvalue weighted by Gasteiger charge is 2.41. The van der Waals surface area contributed by atoms with E-state index < -0.39 is 23.5 Å². The summed E-state index contributed by atoms with van der Waals surface area (Å²) in [4.78, 5) is 34.6. The Kier molecular flexibility index (Phi) is 7.24. The molecule has 0 saturated heterocycles. The molecule has 104 valence electrons. The van der Waals surface area contributed by atoms with Gasteiger partial charge in [-0.05, 0) is 12.8 Å². The van der Waals surface area contributed by atoms with Gasteiger partial charge in [0.2, 0.25) is 5.78 Å². The highest BCUT2D eigenvalue weighted by atomic mass is 16.7. The number of ketones is 1. The van der Waals surface area contributed by atoms with Crippen LogP contribution in [-0.4, -0.2) is 23.5 Å². The van der Waals surface area contributed by atoms with E-state index in [9.17, 15) is 14.4 Å². The topological polar surface area (TPSA) is 69.7 Å². The Bertz CT molecular complexity index is 289. The first-order valence-electron chi connectivity index (χ1n) is 6.36. The van der Waals surface area contributed by atoms with Crippen LogP contribution in [0.25, 0.3) is 0 Å². The molecule has 0 saturated carbocycles. The van der Waals surface area contributed by atoms with Crippen LogP contribution in [0.1, 0.15) is 59.8 Å². The quantitative estimate of drug-likeness (QED) is 0.494. The number of esters is 2. The molecule has 0 unspecified atom stereocenters. The van der Waals surface area contributed by atoms with Gasteiger partial charge < -0.3 is 9.47 Å². The van der Waals surface area contributed by atoms with E-state index in [2.05, 4.69) is 0 Å². The number of carbonyl (C=O) groups excluding carboxylic acids is 3. The molecule has 0 aromatic rings. The Labute approximate surface area is 108 Å². The molecule has 0 N–H and O–H groups in total. The molecule has 0 radical (unpaired) electrons. The Morgan fingerprint density at radius 3 is 1.50 bits per heavy atom. The number of hydrogen-bond acceptors (Lipinski definition) is 5. The van der Waals surface area contributed by atoms with E-state index in [1.807, 2.05) is 13.8 Å². The predicted octanol–water partition coefficient (Wildman–Crippen LogP) is 2.37. The second kappa shape index (κ2) is 7.84. The summed E-state index contributed by atoms with van der Waals surface area (Å²) < 4.78 is 10.1. The van der Waals surface area contributed by atoms with Gasteiger partial charge in [-0.2, -0.15) is 0 Å². The fraction of sp³-hybridized carbons (Fsp3) is 0.769. The van der Waals surface area contributed by atoms with Crippen LogP contribution < -0.4 is 0 Å². The summed E-state index contributed by atoms with van der Waals surface area (Å²) in [5.41, 5.74) is 0. The lowest BCUT2D eigenvalue weighted by molar-refractivity contribution is -0.226. The highest BCUT2D eigenvalue weighted by Crippen LogP contribution is 2.22. The molecule has 18 heavy (non-hydrogen) atoms. The van der Waals surface area contributed by atoms with Crippen molar-refractivity contribution in [1.29, 1.82) is 0 Å². The van der Waals surface area contributed by atoms with Gasteiger partial charge in [0.15, 0.2) is 0 Å². The normalized spacial score (nSPS) is 10.9. The van der Waals surface area contributed by atoms with Gasteiger partial charge in [-0.25, -0.2) is 0 Å². The summed E-state index contributed by atoms with van der Waals surface area (Å²) in [5.74, 6) is -3.28. The van der Waals surface area contributed by atoms with Crippen LogP contribution in [0.15, 0.2) is 0 Å². The van der Waals surface area contributed by atoms with Crippen molar-refractivity contribution in [3.63, 3.8) is 0 Å². The van der Waals surface area contributed by atoms with Crippen LogP contribution in [-0.2, 0) is 23.9 Å². The fourth-order valence-electron chi connectivity index (χ4n) is 1.44. The first-order valence-corrected chi connectivity index (χ1v) is 6.36.